The van der Waals surface area contributed by atoms with Crippen LogP contribution in [0.2, 0.25) is 0 Å². The Morgan fingerprint density at radius 1 is 1.11 bits per heavy atom. The molecule has 0 N–H and O–H groups in total. The number of alkyl halides is 7. The third-order valence-electron chi connectivity index (χ3n) is 2.18. The van der Waals surface area contributed by atoms with Gasteiger partial charge >= 0.3 is 18.5 Å². The molecule has 0 saturated heterocycles. The normalized spacial score (nSPS) is 12.9. The lowest BCUT2D eigenvalue weighted by Gasteiger charge is -2.19. The molecule has 0 amide bonds. The Morgan fingerprint density at radius 3 is 2.16 bits per heavy atom. The molecule has 1 nitrogen and oxygen atoms in total. The van der Waals surface area contributed by atoms with Crippen LogP contribution in [0.1, 0.15) is 11.1 Å². The summed E-state index contributed by atoms with van der Waals surface area (Å²) in [4.78, 5) is 0. The highest BCUT2D eigenvalue weighted by atomic mass is 19.4. The zero-order chi connectivity index (χ0) is 14.8. The molecule has 0 spiro atoms. The van der Waals surface area contributed by atoms with Crippen molar-refractivity contribution in [3.8, 4) is 5.75 Å². The first-order valence-corrected chi connectivity index (χ1v) is 5.00. The van der Waals surface area contributed by atoms with Crippen LogP contribution in [-0.2, 0) is 6.18 Å². The van der Waals surface area contributed by atoms with E-state index in [2.05, 4.69) is 4.74 Å². The first kappa shape index (κ1) is 15.6. The second kappa shape index (κ2) is 5.26. The van der Waals surface area contributed by atoms with E-state index in [1.54, 1.807) is 0 Å². The van der Waals surface area contributed by atoms with E-state index in [4.69, 9.17) is 0 Å². The SMILES string of the molecule is Cc1ccc(OCC(F)(F)C(F)F)c(C(F)(F)F)c1. The van der Waals surface area contributed by atoms with Crippen molar-refractivity contribution in [1.82, 2.24) is 0 Å². The largest absolute Gasteiger partial charge is 0.486 e. The lowest BCUT2D eigenvalue weighted by molar-refractivity contribution is -0.153. The van der Waals surface area contributed by atoms with Gasteiger partial charge in [-0.1, -0.05) is 11.6 Å². The van der Waals surface area contributed by atoms with E-state index in [0.29, 0.717) is 6.07 Å². The zero-order valence-electron chi connectivity index (χ0n) is 9.57. The van der Waals surface area contributed by atoms with Crippen molar-refractivity contribution in [2.75, 3.05) is 6.61 Å². The van der Waals surface area contributed by atoms with E-state index in [9.17, 15) is 30.7 Å². The fourth-order valence-electron chi connectivity index (χ4n) is 1.23. The molecule has 0 unspecified atom stereocenters. The zero-order valence-corrected chi connectivity index (χ0v) is 9.57. The van der Waals surface area contributed by atoms with Gasteiger partial charge in [-0.05, 0) is 19.1 Å². The average molecular weight is 290 g/mol. The highest BCUT2D eigenvalue weighted by Gasteiger charge is 2.42. The van der Waals surface area contributed by atoms with Gasteiger partial charge < -0.3 is 4.74 Å². The van der Waals surface area contributed by atoms with Gasteiger partial charge in [-0.15, -0.1) is 0 Å². The molecular formula is C11H9F7O. The molecule has 0 heterocycles. The smallest absolute Gasteiger partial charge is 0.419 e. The molecule has 19 heavy (non-hydrogen) atoms. The van der Waals surface area contributed by atoms with Crippen molar-refractivity contribution in [3.63, 3.8) is 0 Å². The molecule has 0 aliphatic carbocycles. The van der Waals surface area contributed by atoms with E-state index >= 15 is 0 Å². The van der Waals surface area contributed by atoms with Gasteiger partial charge in [0.1, 0.15) is 5.75 Å². The molecule has 0 saturated carbocycles. The van der Waals surface area contributed by atoms with Gasteiger partial charge in [-0.2, -0.15) is 22.0 Å². The lowest BCUT2D eigenvalue weighted by Crippen LogP contribution is -2.34. The summed E-state index contributed by atoms with van der Waals surface area (Å²) >= 11 is 0. The molecule has 0 aliphatic heterocycles. The van der Waals surface area contributed by atoms with E-state index < -0.39 is 36.4 Å². The Labute approximate surface area is 104 Å². The molecule has 0 aromatic heterocycles. The monoisotopic (exact) mass is 290 g/mol. The fraction of sp³-hybridized carbons (Fsp3) is 0.455. The predicted molar refractivity (Wildman–Crippen MR) is 52.6 cm³/mol. The number of rotatable bonds is 4. The van der Waals surface area contributed by atoms with Crippen LogP contribution in [0, 0.1) is 6.92 Å². The van der Waals surface area contributed by atoms with Crippen molar-refractivity contribution < 1.29 is 35.5 Å². The van der Waals surface area contributed by atoms with Crippen molar-refractivity contribution in [3.05, 3.63) is 29.3 Å². The molecule has 0 atom stereocenters. The summed E-state index contributed by atoms with van der Waals surface area (Å²) in [5.74, 6) is -5.41. The van der Waals surface area contributed by atoms with Crippen LogP contribution in [0.5, 0.6) is 5.75 Å². The maximum Gasteiger partial charge on any atom is 0.419 e. The summed E-state index contributed by atoms with van der Waals surface area (Å²) in [5.41, 5.74) is -1.04. The third-order valence-corrected chi connectivity index (χ3v) is 2.18. The molecule has 1 aromatic rings. The van der Waals surface area contributed by atoms with Gasteiger partial charge in [0.25, 0.3) is 0 Å². The second-order valence-corrected chi connectivity index (χ2v) is 3.85. The van der Waals surface area contributed by atoms with Gasteiger partial charge in [0.05, 0.1) is 5.56 Å². The van der Waals surface area contributed by atoms with Crippen LogP contribution in [-0.4, -0.2) is 19.0 Å². The fourth-order valence-corrected chi connectivity index (χ4v) is 1.23. The second-order valence-electron chi connectivity index (χ2n) is 3.85. The van der Waals surface area contributed by atoms with Crippen LogP contribution < -0.4 is 4.74 Å². The topological polar surface area (TPSA) is 9.23 Å². The number of benzene rings is 1. The number of ether oxygens (including phenoxy) is 1. The van der Waals surface area contributed by atoms with E-state index in [1.165, 1.54) is 13.0 Å². The van der Waals surface area contributed by atoms with Crippen molar-refractivity contribution in [1.29, 1.82) is 0 Å². The average Bonchev–Trinajstić information content (AvgIpc) is 2.26. The standard InChI is InChI=1S/C11H9F7O/c1-6-2-3-8(7(4-6)11(16,17)18)19-5-10(14,15)9(12)13/h2-4,9H,5H2,1H3. The third kappa shape index (κ3) is 4.00. The molecule has 1 rings (SSSR count). The molecule has 0 fully saturated rings. The Balaban J connectivity index is 2.96. The maximum atomic E-state index is 12.6. The van der Waals surface area contributed by atoms with Crippen LogP contribution in [0.15, 0.2) is 18.2 Å². The summed E-state index contributed by atoms with van der Waals surface area (Å²) in [6.45, 7) is -0.455. The molecule has 8 heteroatoms. The van der Waals surface area contributed by atoms with Crippen LogP contribution >= 0.6 is 0 Å². The summed E-state index contributed by atoms with van der Waals surface area (Å²) in [7, 11) is 0. The molecule has 1 aromatic carbocycles. The van der Waals surface area contributed by atoms with E-state index in [1.807, 2.05) is 0 Å². The predicted octanol–water partition coefficient (Wildman–Crippen LogP) is 4.29. The molecule has 0 radical (unpaired) electrons. The van der Waals surface area contributed by atoms with Crippen LogP contribution in [0.4, 0.5) is 30.7 Å². The van der Waals surface area contributed by atoms with Gasteiger partial charge in [0.15, 0.2) is 6.61 Å². The summed E-state index contributed by atoms with van der Waals surface area (Å²) < 4.78 is 90.9. The summed E-state index contributed by atoms with van der Waals surface area (Å²) in [5, 5.41) is 0. The van der Waals surface area contributed by atoms with E-state index in [0.717, 1.165) is 6.07 Å². The number of aryl methyl sites for hydroxylation is 1. The van der Waals surface area contributed by atoms with Gasteiger partial charge in [0, 0.05) is 0 Å². The number of hydrogen-bond donors (Lipinski definition) is 0. The van der Waals surface area contributed by atoms with Gasteiger partial charge in [0.2, 0.25) is 0 Å². The Morgan fingerprint density at radius 2 is 1.68 bits per heavy atom. The molecular weight excluding hydrogens is 281 g/mol. The minimum atomic E-state index is -4.82. The number of hydrogen-bond acceptors (Lipinski definition) is 1. The van der Waals surface area contributed by atoms with Crippen molar-refractivity contribution >= 4 is 0 Å². The first-order valence-electron chi connectivity index (χ1n) is 5.00. The molecule has 0 bridgehead atoms. The molecule has 0 aliphatic rings. The minimum absolute atomic E-state index is 0.236. The summed E-state index contributed by atoms with van der Waals surface area (Å²) in [6, 6.07) is 2.71. The quantitative estimate of drug-likeness (QED) is 0.751. The van der Waals surface area contributed by atoms with Gasteiger partial charge in [-0.25, -0.2) is 8.78 Å². The van der Waals surface area contributed by atoms with Crippen molar-refractivity contribution in [2.24, 2.45) is 0 Å². The van der Waals surface area contributed by atoms with Crippen LogP contribution in [0.3, 0.4) is 0 Å². The molecule has 108 valence electrons. The minimum Gasteiger partial charge on any atom is -0.486 e. The number of halogens is 7. The highest BCUT2D eigenvalue weighted by Crippen LogP contribution is 2.37. The van der Waals surface area contributed by atoms with Crippen molar-refractivity contribution in [2.45, 2.75) is 25.4 Å². The van der Waals surface area contributed by atoms with E-state index in [-0.39, 0.29) is 5.56 Å². The first-order chi connectivity index (χ1) is 8.54. The Kier molecular flexibility index (Phi) is 4.32. The summed E-state index contributed by atoms with van der Waals surface area (Å²) in [6.07, 6.45) is -8.83. The highest BCUT2D eigenvalue weighted by molar-refractivity contribution is 5.38. The van der Waals surface area contributed by atoms with Crippen LogP contribution in [0.25, 0.3) is 0 Å². The lowest BCUT2D eigenvalue weighted by atomic mass is 10.1. The Bertz CT molecular complexity index is 439. The Hall–Kier alpha value is -1.47. The maximum absolute atomic E-state index is 12.6. The van der Waals surface area contributed by atoms with Gasteiger partial charge in [-0.3, -0.25) is 0 Å².